The van der Waals surface area contributed by atoms with Gasteiger partial charge in [-0.1, -0.05) is 17.7 Å². The fourth-order valence-corrected chi connectivity index (χ4v) is 4.23. The van der Waals surface area contributed by atoms with Crippen molar-refractivity contribution >= 4 is 17.6 Å². The average Bonchev–Trinajstić information content (AvgIpc) is 3.51. The van der Waals surface area contributed by atoms with Gasteiger partial charge in [-0.2, -0.15) is 0 Å². The minimum absolute atomic E-state index is 0.129. The van der Waals surface area contributed by atoms with Crippen molar-refractivity contribution in [3.8, 4) is 0 Å². The third kappa shape index (κ3) is 3.93. The molecule has 0 amide bonds. The van der Waals surface area contributed by atoms with Gasteiger partial charge in [-0.05, 0) is 44.2 Å². The molecule has 3 aliphatic rings. The smallest absolute Gasteiger partial charge is 0.191 e. The number of piperidine rings is 1. The van der Waals surface area contributed by atoms with Gasteiger partial charge in [0.2, 0.25) is 0 Å². The Labute approximate surface area is 153 Å². The van der Waals surface area contributed by atoms with Gasteiger partial charge in [-0.3, -0.25) is 4.99 Å². The molecule has 2 aliphatic carbocycles. The van der Waals surface area contributed by atoms with Gasteiger partial charge in [0.1, 0.15) is 5.82 Å². The van der Waals surface area contributed by atoms with Gasteiger partial charge in [0.15, 0.2) is 5.96 Å². The molecular weight excluding hydrogens is 339 g/mol. The Bertz CT molecular complexity index is 633. The highest BCUT2D eigenvalue weighted by Crippen LogP contribution is 2.44. The number of likely N-dealkylation sites (tertiary alicyclic amines) is 1. The number of hydrogen-bond acceptors (Lipinski definition) is 2. The summed E-state index contributed by atoms with van der Waals surface area (Å²) in [5, 5.41) is 7.50. The lowest BCUT2D eigenvalue weighted by molar-refractivity contribution is 0.197. The average molecular weight is 365 g/mol. The molecule has 2 saturated carbocycles. The molecule has 25 heavy (non-hydrogen) atoms. The summed E-state index contributed by atoms with van der Waals surface area (Å²) in [6.07, 6.45) is 5.96. The number of nitrogens with zero attached hydrogens (tertiary/aromatic N) is 2. The zero-order valence-corrected chi connectivity index (χ0v) is 15.4. The summed E-state index contributed by atoms with van der Waals surface area (Å²) in [5.74, 6) is 0.742. The summed E-state index contributed by atoms with van der Waals surface area (Å²) < 4.78 is 14.1. The highest BCUT2D eigenvalue weighted by atomic mass is 35.5. The summed E-state index contributed by atoms with van der Waals surface area (Å²) in [7, 11) is 1.79. The molecule has 1 aromatic rings. The van der Waals surface area contributed by atoms with Crippen LogP contribution in [0.4, 0.5) is 4.39 Å². The van der Waals surface area contributed by atoms with Gasteiger partial charge >= 0.3 is 0 Å². The molecule has 4 rings (SSSR count). The number of halogens is 2. The topological polar surface area (TPSA) is 39.7 Å². The lowest BCUT2D eigenvalue weighted by Gasteiger charge is -2.33. The highest BCUT2D eigenvalue weighted by molar-refractivity contribution is 6.31. The molecule has 0 aromatic heterocycles. The number of benzene rings is 1. The van der Waals surface area contributed by atoms with E-state index in [9.17, 15) is 4.39 Å². The van der Waals surface area contributed by atoms with Gasteiger partial charge in [0.05, 0.1) is 0 Å². The third-order valence-electron chi connectivity index (χ3n) is 5.64. The minimum atomic E-state index is -0.211. The minimum Gasteiger partial charge on any atom is -0.354 e. The van der Waals surface area contributed by atoms with Crippen molar-refractivity contribution in [3.05, 3.63) is 34.6 Å². The Morgan fingerprint density at radius 2 is 1.96 bits per heavy atom. The van der Waals surface area contributed by atoms with Crippen molar-refractivity contribution in [3.63, 3.8) is 0 Å². The molecule has 2 N–H and O–H groups in total. The number of hydrogen-bond donors (Lipinski definition) is 2. The Hall–Kier alpha value is -1.33. The lowest BCUT2D eigenvalue weighted by Crippen LogP contribution is -2.49. The monoisotopic (exact) mass is 364 g/mol. The SMILES string of the molecule is CN=C(NC1CCN(C2CC2)CC1)NC1CC1c1c(F)cccc1Cl. The van der Waals surface area contributed by atoms with Crippen molar-refractivity contribution in [2.75, 3.05) is 20.1 Å². The molecule has 1 heterocycles. The van der Waals surface area contributed by atoms with Gasteiger partial charge in [0.25, 0.3) is 0 Å². The van der Waals surface area contributed by atoms with E-state index in [1.807, 2.05) is 0 Å². The quantitative estimate of drug-likeness (QED) is 0.637. The molecule has 3 fully saturated rings. The van der Waals surface area contributed by atoms with Crippen LogP contribution < -0.4 is 10.6 Å². The van der Waals surface area contributed by atoms with E-state index >= 15 is 0 Å². The van der Waals surface area contributed by atoms with Gasteiger partial charge in [-0.25, -0.2) is 4.39 Å². The standard InChI is InChI=1S/C19H26ClFN4/c1-22-19(23-12-7-9-25(10-8-12)13-5-6-13)24-17-11-14(17)18-15(20)3-2-4-16(18)21/h2-4,12-14,17H,5-11H2,1H3,(H2,22,23,24). The lowest BCUT2D eigenvalue weighted by atomic mass is 10.1. The second-order valence-corrected chi connectivity index (χ2v) is 7.89. The van der Waals surface area contributed by atoms with Gasteiger partial charge in [-0.15, -0.1) is 0 Å². The predicted octanol–water partition coefficient (Wildman–Crippen LogP) is 3.13. The number of guanidine groups is 1. The summed E-state index contributed by atoms with van der Waals surface area (Å²) in [6.45, 7) is 2.35. The molecule has 1 saturated heterocycles. The van der Waals surface area contributed by atoms with Crippen molar-refractivity contribution < 1.29 is 4.39 Å². The van der Waals surface area contributed by atoms with Crippen molar-refractivity contribution in [2.24, 2.45) is 4.99 Å². The number of nitrogens with one attached hydrogen (secondary N) is 2. The van der Waals surface area contributed by atoms with Crippen molar-refractivity contribution in [2.45, 2.75) is 56.1 Å². The van der Waals surface area contributed by atoms with E-state index < -0.39 is 0 Å². The second kappa shape index (κ2) is 7.12. The first kappa shape index (κ1) is 17.1. The maximum Gasteiger partial charge on any atom is 0.191 e. The molecule has 0 radical (unpaired) electrons. The number of aliphatic imine (C=N–C) groups is 1. The molecule has 136 valence electrons. The normalized spacial score (nSPS) is 28.0. The maximum atomic E-state index is 14.1. The Morgan fingerprint density at radius 1 is 1.20 bits per heavy atom. The molecule has 6 heteroatoms. The Balaban J connectivity index is 1.29. The maximum absolute atomic E-state index is 14.1. The van der Waals surface area contributed by atoms with E-state index in [1.165, 1.54) is 32.0 Å². The Morgan fingerprint density at radius 3 is 2.60 bits per heavy atom. The molecule has 1 aromatic carbocycles. The van der Waals surface area contributed by atoms with E-state index in [2.05, 4.69) is 20.5 Å². The van der Waals surface area contributed by atoms with Gasteiger partial charge < -0.3 is 15.5 Å². The molecule has 2 unspecified atom stereocenters. The van der Waals surface area contributed by atoms with Gasteiger partial charge in [0, 0.05) is 54.8 Å². The van der Waals surface area contributed by atoms with E-state index in [4.69, 9.17) is 11.6 Å². The summed E-state index contributed by atoms with van der Waals surface area (Å²) in [5.41, 5.74) is 0.634. The van der Waals surface area contributed by atoms with Crippen LogP contribution in [0.15, 0.2) is 23.2 Å². The van der Waals surface area contributed by atoms with Crippen LogP contribution in [-0.4, -0.2) is 49.1 Å². The number of rotatable bonds is 4. The third-order valence-corrected chi connectivity index (χ3v) is 5.97. The van der Waals surface area contributed by atoms with E-state index in [0.29, 0.717) is 16.6 Å². The first-order valence-electron chi connectivity index (χ1n) is 9.33. The molecule has 0 bridgehead atoms. The van der Waals surface area contributed by atoms with Crippen LogP contribution in [0.1, 0.15) is 43.6 Å². The molecule has 0 spiro atoms. The van der Waals surface area contributed by atoms with E-state index in [-0.39, 0.29) is 17.8 Å². The van der Waals surface area contributed by atoms with Crippen LogP contribution in [0.2, 0.25) is 5.02 Å². The fraction of sp³-hybridized carbons (Fsp3) is 0.632. The summed E-state index contributed by atoms with van der Waals surface area (Å²) >= 11 is 6.18. The molecular formula is C19H26ClFN4. The molecule has 4 nitrogen and oxygen atoms in total. The van der Waals surface area contributed by atoms with Crippen LogP contribution in [0.3, 0.4) is 0 Å². The zero-order chi connectivity index (χ0) is 17.4. The summed E-state index contributed by atoms with van der Waals surface area (Å²) in [6, 6.07) is 6.42. The van der Waals surface area contributed by atoms with Crippen LogP contribution >= 0.6 is 11.6 Å². The highest BCUT2D eigenvalue weighted by Gasteiger charge is 2.42. The second-order valence-electron chi connectivity index (χ2n) is 7.49. The first-order valence-corrected chi connectivity index (χ1v) is 9.71. The molecule has 2 atom stereocenters. The van der Waals surface area contributed by atoms with E-state index in [0.717, 1.165) is 31.3 Å². The predicted molar refractivity (Wildman–Crippen MR) is 99.8 cm³/mol. The Kier molecular flexibility index (Phi) is 4.87. The zero-order valence-electron chi connectivity index (χ0n) is 14.6. The van der Waals surface area contributed by atoms with Crippen molar-refractivity contribution in [1.29, 1.82) is 0 Å². The van der Waals surface area contributed by atoms with Crippen LogP contribution in [0.5, 0.6) is 0 Å². The fourth-order valence-electron chi connectivity index (χ4n) is 3.93. The largest absolute Gasteiger partial charge is 0.354 e. The van der Waals surface area contributed by atoms with Crippen LogP contribution in [0.25, 0.3) is 0 Å². The van der Waals surface area contributed by atoms with Crippen LogP contribution in [-0.2, 0) is 0 Å². The van der Waals surface area contributed by atoms with E-state index in [1.54, 1.807) is 19.2 Å². The van der Waals surface area contributed by atoms with Crippen LogP contribution in [0, 0.1) is 5.82 Å². The van der Waals surface area contributed by atoms with Crippen molar-refractivity contribution in [1.82, 2.24) is 15.5 Å². The first-order chi connectivity index (χ1) is 12.2. The summed E-state index contributed by atoms with van der Waals surface area (Å²) in [4.78, 5) is 6.97. The molecule has 1 aliphatic heterocycles.